The first-order valence-electron chi connectivity index (χ1n) is 14.9. The molecule has 218 valence electrons. The van der Waals surface area contributed by atoms with Gasteiger partial charge < -0.3 is 29.3 Å². The molecule has 1 N–H and O–H groups in total. The van der Waals surface area contributed by atoms with Crippen LogP contribution in [-0.4, -0.2) is 78.1 Å². The standard InChI is InChI=1S/C31H39N5O5/c1-31(2,3)41-30(38)36-23-11-20(12-24(36)17-39-16-23)29(37)35-14-19-5-4-10-32-28(19)33-26-9-7-21(13-27(26)35)34-15-25-8-6-22(34)18-40-25/h4-5,7,9-10,13,20,22-25H,6,8,11-12,14-18H2,1-3H3,(H,32,33)/t22-,23-,24-,25-/m0/s1. The molecule has 6 aliphatic heterocycles. The molecule has 1 aromatic carbocycles. The van der Waals surface area contributed by atoms with Gasteiger partial charge in [0.05, 0.1) is 62.0 Å². The highest BCUT2D eigenvalue weighted by Gasteiger charge is 2.46. The van der Waals surface area contributed by atoms with Crippen LogP contribution >= 0.6 is 0 Å². The number of carbonyl (C=O) groups excluding carboxylic acids is 2. The molecule has 41 heavy (non-hydrogen) atoms. The van der Waals surface area contributed by atoms with Gasteiger partial charge in [-0.3, -0.25) is 9.69 Å². The van der Waals surface area contributed by atoms with Crippen LogP contribution in [0.2, 0.25) is 0 Å². The Labute approximate surface area is 240 Å². The van der Waals surface area contributed by atoms with E-state index in [9.17, 15) is 9.59 Å². The Morgan fingerprint density at radius 2 is 1.85 bits per heavy atom. The van der Waals surface area contributed by atoms with Crippen molar-refractivity contribution < 1.29 is 23.8 Å². The Kier molecular flexibility index (Phi) is 6.58. The monoisotopic (exact) mass is 561 g/mol. The first-order chi connectivity index (χ1) is 19.7. The lowest BCUT2D eigenvalue weighted by Crippen LogP contribution is -2.61. The minimum Gasteiger partial charge on any atom is -0.444 e. The van der Waals surface area contributed by atoms with Crippen LogP contribution in [0.5, 0.6) is 0 Å². The van der Waals surface area contributed by atoms with Crippen molar-refractivity contribution in [3.8, 4) is 0 Å². The second-order valence-corrected chi connectivity index (χ2v) is 13.0. The first-order valence-corrected chi connectivity index (χ1v) is 14.9. The molecule has 0 spiro atoms. The van der Waals surface area contributed by atoms with E-state index in [0.29, 0.717) is 38.6 Å². The number of carbonyl (C=O) groups is 2. The summed E-state index contributed by atoms with van der Waals surface area (Å²) in [6.07, 6.45) is 5.03. The highest BCUT2D eigenvalue weighted by Crippen LogP contribution is 2.42. The van der Waals surface area contributed by atoms with E-state index in [-0.39, 0.29) is 36.1 Å². The smallest absolute Gasteiger partial charge is 0.410 e. The number of fused-ring (bicyclic) bond motifs is 7. The second kappa shape index (κ2) is 10.2. The number of aromatic nitrogens is 1. The Bertz CT molecular complexity index is 1320. The van der Waals surface area contributed by atoms with Gasteiger partial charge in [-0.2, -0.15) is 0 Å². The molecule has 2 aromatic rings. The molecule has 0 unspecified atom stereocenters. The zero-order valence-electron chi connectivity index (χ0n) is 24.0. The van der Waals surface area contributed by atoms with Gasteiger partial charge in [0.2, 0.25) is 5.91 Å². The average Bonchev–Trinajstić information content (AvgIpc) is 3.12. The van der Waals surface area contributed by atoms with Crippen LogP contribution in [0.4, 0.5) is 27.7 Å². The number of nitrogens with one attached hydrogen (secondary N) is 1. The predicted molar refractivity (Wildman–Crippen MR) is 154 cm³/mol. The van der Waals surface area contributed by atoms with Gasteiger partial charge in [-0.15, -0.1) is 0 Å². The zero-order chi connectivity index (χ0) is 28.3. The average molecular weight is 562 g/mol. The molecule has 8 rings (SSSR count). The Balaban J connectivity index is 1.19. The maximum absolute atomic E-state index is 14.5. The van der Waals surface area contributed by atoms with Crippen molar-refractivity contribution in [3.63, 3.8) is 0 Å². The maximum Gasteiger partial charge on any atom is 0.410 e. The number of piperidine rings is 2. The largest absolute Gasteiger partial charge is 0.444 e. The molecule has 0 aliphatic carbocycles. The molecule has 5 fully saturated rings. The third kappa shape index (κ3) is 5.01. The van der Waals surface area contributed by atoms with Crippen molar-refractivity contribution in [2.75, 3.05) is 41.5 Å². The number of amides is 2. The van der Waals surface area contributed by atoms with Crippen LogP contribution in [0.1, 0.15) is 52.0 Å². The molecule has 6 aliphatic rings. The van der Waals surface area contributed by atoms with Crippen LogP contribution in [0, 0.1) is 5.92 Å². The highest BCUT2D eigenvalue weighted by molar-refractivity contribution is 6.00. The number of hydrogen-bond acceptors (Lipinski definition) is 8. The molecule has 5 saturated heterocycles. The Morgan fingerprint density at radius 1 is 1.05 bits per heavy atom. The molecular weight excluding hydrogens is 522 g/mol. The second-order valence-electron chi connectivity index (χ2n) is 13.0. The van der Waals surface area contributed by atoms with Gasteiger partial charge in [-0.05, 0) is 70.7 Å². The quantitative estimate of drug-likeness (QED) is 0.575. The molecule has 2 amide bonds. The van der Waals surface area contributed by atoms with E-state index in [1.165, 1.54) is 0 Å². The minimum absolute atomic E-state index is 0.0751. The van der Waals surface area contributed by atoms with E-state index in [1.54, 1.807) is 6.20 Å². The molecule has 4 bridgehead atoms. The first kappa shape index (κ1) is 26.5. The summed E-state index contributed by atoms with van der Waals surface area (Å²) in [5.74, 6) is 0.611. The molecule has 0 radical (unpaired) electrons. The molecule has 10 heteroatoms. The lowest BCUT2D eigenvalue weighted by atomic mass is 9.84. The van der Waals surface area contributed by atoms with Crippen LogP contribution in [0.3, 0.4) is 0 Å². The predicted octanol–water partition coefficient (Wildman–Crippen LogP) is 4.45. The number of ether oxygens (including phenoxy) is 3. The van der Waals surface area contributed by atoms with Crippen molar-refractivity contribution in [3.05, 3.63) is 42.1 Å². The summed E-state index contributed by atoms with van der Waals surface area (Å²) >= 11 is 0. The van der Waals surface area contributed by atoms with E-state index < -0.39 is 5.60 Å². The fourth-order valence-corrected chi connectivity index (χ4v) is 7.10. The molecule has 7 heterocycles. The lowest BCUT2D eigenvalue weighted by Gasteiger charge is -2.48. The molecule has 0 saturated carbocycles. The van der Waals surface area contributed by atoms with Gasteiger partial charge in [0, 0.05) is 29.9 Å². The Morgan fingerprint density at radius 3 is 2.54 bits per heavy atom. The number of hydrogen-bond donors (Lipinski definition) is 1. The minimum atomic E-state index is -0.583. The number of nitrogens with zero attached hydrogens (tertiary/aromatic N) is 4. The van der Waals surface area contributed by atoms with Gasteiger partial charge in [-0.1, -0.05) is 6.07 Å². The molecule has 10 nitrogen and oxygen atoms in total. The summed E-state index contributed by atoms with van der Waals surface area (Å²) in [6.45, 7) is 8.50. The van der Waals surface area contributed by atoms with Crippen LogP contribution in [0.25, 0.3) is 0 Å². The zero-order valence-corrected chi connectivity index (χ0v) is 24.0. The fourth-order valence-electron chi connectivity index (χ4n) is 7.10. The number of anilines is 4. The third-order valence-electron chi connectivity index (χ3n) is 9.00. The maximum atomic E-state index is 14.5. The van der Waals surface area contributed by atoms with Gasteiger partial charge >= 0.3 is 6.09 Å². The highest BCUT2D eigenvalue weighted by atomic mass is 16.6. The number of rotatable bonds is 2. The molecule has 1 aromatic heterocycles. The third-order valence-corrected chi connectivity index (χ3v) is 9.00. The van der Waals surface area contributed by atoms with Crippen molar-refractivity contribution in [1.82, 2.24) is 9.88 Å². The van der Waals surface area contributed by atoms with Crippen molar-refractivity contribution in [2.24, 2.45) is 5.92 Å². The molecular formula is C31H39N5O5. The van der Waals surface area contributed by atoms with Crippen LogP contribution in [-0.2, 0) is 25.5 Å². The van der Waals surface area contributed by atoms with E-state index >= 15 is 0 Å². The van der Waals surface area contributed by atoms with E-state index in [1.807, 2.05) is 42.7 Å². The summed E-state index contributed by atoms with van der Waals surface area (Å²) < 4.78 is 17.5. The number of morpholine rings is 2. The topological polar surface area (TPSA) is 96.5 Å². The normalized spacial score (nSPS) is 28.8. The number of pyridine rings is 1. The van der Waals surface area contributed by atoms with Crippen LogP contribution < -0.4 is 15.1 Å². The Hall–Kier alpha value is -3.37. The molecule has 4 atom stereocenters. The van der Waals surface area contributed by atoms with E-state index in [2.05, 4.69) is 33.4 Å². The van der Waals surface area contributed by atoms with Crippen molar-refractivity contribution in [1.29, 1.82) is 0 Å². The van der Waals surface area contributed by atoms with E-state index in [4.69, 9.17) is 14.2 Å². The summed E-state index contributed by atoms with van der Waals surface area (Å²) in [6, 6.07) is 10.3. The lowest BCUT2D eigenvalue weighted by molar-refractivity contribution is -0.131. The summed E-state index contributed by atoms with van der Waals surface area (Å²) in [4.78, 5) is 38.4. The van der Waals surface area contributed by atoms with Gasteiger partial charge in [0.1, 0.15) is 11.4 Å². The van der Waals surface area contributed by atoms with Crippen molar-refractivity contribution >= 4 is 34.9 Å². The van der Waals surface area contributed by atoms with Gasteiger partial charge in [0.15, 0.2) is 0 Å². The van der Waals surface area contributed by atoms with Gasteiger partial charge in [0.25, 0.3) is 0 Å². The summed E-state index contributed by atoms with van der Waals surface area (Å²) in [5.41, 5.74) is 3.24. The SMILES string of the molecule is CC(C)(C)OC(=O)N1[C@@H]2COC[C@@H]1CC(C(=O)N1Cc3cccnc3Nc3ccc(N4C[C@@H]5CC[C@H]4CO5)cc31)C2. The number of benzene rings is 1. The van der Waals surface area contributed by atoms with Crippen LogP contribution in [0.15, 0.2) is 36.5 Å². The fraction of sp³-hybridized carbons (Fsp3) is 0.581. The summed E-state index contributed by atoms with van der Waals surface area (Å²) in [5, 5.41) is 3.50. The van der Waals surface area contributed by atoms with Gasteiger partial charge in [-0.25, -0.2) is 9.78 Å². The van der Waals surface area contributed by atoms with Crippen molar-refractivity contribution in [2.45, 2.75) is 82.8 Å². The summed E-state index contributed by atoms with van der Waals surface area (Å²) in [7, 11) is 0. The van der Waals surface area contributed by atoms with E-state index in [0.717, 1.165) is 54.4 Å².